The number of nitrogens with one attached hydrogen (secondary N) is 2. The van der Waals surface area contributed by atoms with Gasteiger partial charge in [-0.1, -0.05) is 25.7 Å². The van der Waals surface area contributed by atoms with Crippen molar-refractivity contribution in [3.05, 3.63) is 12.2 Å². The van der Waals surface area contributed by atoms with Crippen molar-refractivity contribution in [1.82, 2.24) is 20.5 Å². The second kappa shape index (κ2) is 5.27. The Morgan fingerprint density at radius 1 is 1.41 bits per heavy atom. The Labute approximate surface area is 99.8 Å². The molecule has 0 aromatic carbocycles. The summed E-state index contributed by atoms with van der Waals surface area (Å²) in [7, 11) is 0. The summed E-state index contributed by atoms with van der Waals surface area (Å²) in [6.45, 7) is 0.284. The van der Waals surface area contributed by atoms with Crippen molar-refractivity contribution in [2.45, 2.75) is 44.1 Å². The van der Waals surface area contributed by atoms with E-state index in [-0.39, 0.29) is 18.3 Å². The fraction of sp³-hybridized carbons (Fsp3) is 0.727. The van der Waals surface area contributed by atoms with Gasteiger partial charge in [-0.05, 0) is 12.8 Å². The monoisotopic (exact) mass is 238 g/mol. The second-order valence-corrected chi connectivity index (χ2v) is 4.66. The maximum Gasteiger partial charge on any atom is 0.288 e. The lowest BCUT2D eigenvalue weighted by molar-refractivity contribution is 0.0245. The fourth-order valence-electron chi connectivity index (χ4n) is 2.21. The summed E-state index contributed by atoms with van der Waals surface area (Å²) < 4.78 is 0. The van der Waals surface area contributed by atoms with Crippen molar-refractivity contribution in [2.75, 3.05) is 6.54 Å². The average Bonchev–Trinajstić information content (AvgIpc) is 2.77. The zero-order valence-corrected chi connectivity index (χ0v) is 9.78. The van der Waals surface area contributed by atoms with Gasteiger partial charge in [-0.25, -0.2) is 4.98 Å². The Hall–Kier alpha value is -1.43. The highest BCUT2D eigenvalue weighted by atomic mass is 16.3. The largest absolute Gasteiger partial charge is 0.388 e. The highest BCUT2D eigenvalue weighted by molar-refractivity contribution is 5.90. The van der Waals surface area contributed by atoms with Crippen LogP contribution < -0.4 is 5.32 Å². The number of carbonyl (C=O) groups excluding carboxylic acids is 1. The molecule has 0 bridgehead atoms. The number of aliphatic hydroxyl groups is 1. The van der Waals surface area contributed by atoms with E-state index < -0.39 is 5.60 Å². The lowest BCUT2D eigenvalue weighted by atomic mass is 9.94. The van der Waals surface area contributed by atoms with Crippen LogP contribution in [0.3, 0.4) is 0 Å². The van der Waals surface area contributed by atoms with Gasteiger partial charge in [0, 0.05) is 6.54 Å². The molecule has 2 rings (SSSR count). The first-order valence-electron chi connectivity index (χ1n) is 6.06. The molecule has 1 aromatic heterocycles. The van der Waals surface area contributed by atoms with E-state index >= 15 is 0 Å². The number of aromatic amines is 1. The lowest BCUT2D eigenvalue weighted by Gasteiger charge is -2.26. The standard InChI is InChI=1S/C11H18N4O2/c16-10(9-13-8-14-15-9)12-7-11(17)5-3-1-2-4-6-11/h8,17H,1-7H2,(H,12,16)(H,13,14,15). The first kappa shape index (κ1) is 12.0. The van der Waals surface area contributed by atoms with E-state index in [2.05, 4.69) is 20.5 Å². The van der Waals surface area contributed by atoms with Crippen molar-refractivity contribution >= 4 is 5.91 Å². The molecule has 0 spiro atoms. The van der Waals surface area contributed by atoms with Gasteiger partial charge in [0.15, 0.2) is 0 Å². The Kier molecular flexibility index (Phi) is 3.73. The third kappa shape index (κ3) is 3.26. The molecule has 1 fully saturated rings. The summed E-state index contributed by atoms with van der Waals surface area (Å²) in [6, 6.07) is 0. The van der Waals surface area contributed by atoms with Gasteiger partial charge in [-0.3, -0.25) is 9.89 Å². The summed E-state index contributed by atoms with van der Waals surface area (Å²) >= 11 is 0. The van der Waals surface area contributed by atoms with Crippen LogP contribution in [0.25, 0.3) is 0 Å². The molecular formula is C11H18N4O2. The number of rotatable bonds is 3. The zero-order chi connectivity index (χ0) is 12.1. The third-order valence-electron chi connectivity index (χ3n) is 3.24. The van der Waals surface area contributed by atoms with Crippen molar-refractivity contribution in [1.29, 1.82) is 0 Å². The van der Waals surface area contributed by atoms with Gasteiger partial charge in [-0.15, -0.1) is 0 Å². The number of H-pyrrole nitrogens is 1. The van der Waals surface area contributed by atoms with Crippen LogP contribution in [-0.2, 0) is 0 Å². The number of hydrogen-bond donors (Lipinski definition) is 3. The van der Waals surface area contributed by atoms with E-state index in [9.17, 15) is 9.90 Å². The van der Waals surface area contributed by atoms with Gasteiger partial charge >= 0.3 is 0 Å². The molecule has 1 saturated carbocycles. The van der Waals surface area contributed by atoms with E-state index in [0.29, 0.717) is 0 Å². The summed E-state index contributed by atoms with van der Waals surface area (Å²) in [4.78, 5) is 15.4. The first-order valence-corrected chi connectivity index (χ1v) is 6.06. The normalized spacial score (nSPS) is 19.6. The molecule has 6 heteroatoms. The number of hydrogen-bond acceptors (Lipinski definition) is 4. The van der Waals surface area contributed by atoms with Crippen LogP contribution in [0, 0.1) is 0 Å². The predicted molar refractivity (Wildman–Crippen MR) is 61.4 cm³/mol. The van der Waals surface area contributed by atoms with Gasteiger partial charge in [0.1, 0.15) is 6.33 Å². The number of nitrogens with zero attached hydrogens (tertiary/aromatic N) is 2. The Morgan fingerprint density at radius 3 is 2.71 bits per heavy atom. The van der Waals surface area contributed by atoms with E-state index in [1.807, 2.05) is 0 Å². The van der Waals surface area contributed by atoms with Crippen LogP contribution in [0.4, 0.5) is 0 Å². The zero-order valence-electron chi connectivity index (χ0n) is 9.78. The summed E-state index contributed by atoms with van der Waals surface area (Å²) in [5.41, 5.74) is -0.758. The maximum absolute atomic E-state index is 11.6. The Morgan fingerprint density at radius 2 is 2.12 bits per heavy atom. The van der Waals surface area contributed by atoms with E-state index in [0.717, 1.165) is 25.7 Å². The number of amides is 1. The van der Waals surface area contributed by atoms with Crippen molar-refractivity contribution in [3.8, 4) is 0 Å². The Bertz CT molecular complexity index is 356. The molecule has 0 radical (unpaired) electrons. The van der Waals surface area contributed by atoms with Crippen molar-refractivity contribution in [3.63, 3.8) is 0 Å². The molecule has 0 unspecified atom stereocenters. The quantitative estimate of drug-likeness (QED) is 0.673. The van der Waals surface area contributed by atoms with Crippen LogP contribution in [0.5, 0.6) is 0 Å². The predicted octanol–water partition coefficient (Wildman–Crippen LogP) is 0.620. The van der Waals surface area contributed by atoms with E-state index in [1.165, 1.54) is 19.2 Å². The van der Waals surface area contributed by atoms with Gasteiger partial charge < -0.3 is 10.4 Å². The molecule has 1 aliphatic rings. The average molecular weight is 238 g/mol. The molecule has 0 atom stereocenters. The van der Waals surface area contributed by atoms with E-state index in [1.54, 1.807) is 0 Å². The number of aromatic nitrogens is 3. The molecule has 1 aliphatic carbocycles. The smallest absolute Gasteiger partial charge is 0.288 e. The minimum atomic E-state index is -0.758. The minimum absolute atomic E-state index is 0.183. The van der Waals surface area contributed by atoms with Gasteiger partial charge in [0.2, 0.25) is 5.82 Å². The van der Waals surface area contributed by atoms with Crippen LogP contribution in [0.1, 0.15) is 49.1 Å². The summed E-state index contributed by atoms with van der Waals surface area (Å²) in [6.07, 6.45) is 7.17. The molecule has 1 heterocycles. The van der Waals surface area contributed by atoms with Crippen molar-refractivity contribution < 1.29 is 9.90 Å². The summed E-state index contributed by atoms with van der Waals surface area (Å²) in [5, 5.41) is 19.1. The molecule has 0 aliphatic heterocycles. The minimum Gasteiger partial charge on any atom is -0.388 e. The molecule has 6 nitrogen and oxygen atoms in total. The van der Waals surface area contributed by atoms with Crippen molar-refractivity contribution in [2.24, 2.45) is 0 Å². The molecule has 1 amide bonds. The molecule has 0 saturated heterocycles. The Balaban J connectivity index is 1.86. The highest BCUT2D eigenvalue weighted by Gasteiger charge is 2.28. The molecular weight excluding hydrogens is 220 g/mol. The molecule has 1 aromatic rings. The highest BCUT2D eigenvalue weighted by Crippen LogP contribution is 2.26. The van der Waals surface area contributed by atoms with Crippen LogP contribution in [-0.4, -0.2) is 38.3 Å². The van der Waals surface area contributed by atoms with Gasteiger partial charge in [0.25, 0.3) is 5.91 Å². The SMILES string of the molecule is O=C(NCC1(O)CCCCCC1)c1ncn[nH]1. The number of carbonyl (C=O) groups is 1. The van der Waals surface area contributed by atoms with Gasteiger partial charge in [-0.2, -0.15) is 5.10 Å². The molecule has 94 valence electrons. The molecule has 3 N–H and O–H groups in total. The van der Waals surface area contributed by atoms with Crippen LogP contribution >= 0.6 is 0 Å². The van der Waals surface area contributed by atoms with Crippen LogP contribution in [0.2, 0.25) is 0 Å². The van der Waals surface area contributed by atoms with Crippen LogP contribution in [0.15, 0.2) is 6.33 Å². The lowest BCUT2D eigenvalue weighted by Crippen LogP contribution is -2.42. The maximum atomic E-state index is 11.6. The third-order valence-corrected chi connectivity index (χ3v) is 3.24. The summed E-state index contributed by atoms with van der Waals surface area (Å²) in [5.74, 6) is -0.137. The second-order valence-electron chi connectivity index (χ2n) is 4.66. The topological polar surface area (TPSA) is 90.9 Å². The van der Waals surface area contributed by atoms with E-state index in [4.69, 9.17) is 0 Å². The fourth-order valence-corrected chi connectivity index (χ4v) is 2.21. The first-order chi connectivity index (χ1) is 8.20. The molecule has 17 heavy (non-hydrogen) atoms. The van der Waals surface area contributed by atoms with Gasteiger partial charge in [0.05, 0.1) is 5.60 Å².